The molecule has 0 N–H and O–H groups in total. The van der Waals surface area contributed by atoms with Crippen LogP contribution in [0.1, 0.15) is 20.3 Å². The molecular formula is C11H22NO3. The molecule has 1 amide bonds. The molecule has 1 radical (unpaired) electrons. The second kappa shape index (κ2) is 9.93. The highest BCUT2D eigenvalue weighted by atomic mass is 16.5. The summed E-state index contributed by atoms with van der Waals surface area (Å²) in [5.74, 6) is 0.0504. The predicted octanol–water partition coefficient (Wildman–Crippen LogP) is 1.11. The lowest BCUT2D eigenvalue weighted by atomic mass is 10.4. The molecule has 0 aliphatic rings. The van der Waals surface area contributed by atoms with E-state index >= 15 is 0 Å². The van der Waals surface area contributed by atoms with Crippen molar-refractivity contribution in [1.82, 2.24) is 4.90 Å². The van der Waals surface area contributed by atoms with Gasteiger partial charge in [0.25, 0.3) is 0 Å². The highest BCUT2D eigenvalue weighted by Crippen LogP contribution is 1.94. The first kappa shape index (κ1) is 14.4. The molecule has 0 saturated carbocycles. The van der Waals surface area contributed by atoms with Gasteiger partial charge in [-0.25, -0.2) is 0 Å². The number of hydrogen-bond acceptors (Lipinski definition) is 3. The molecule has 0 heterocycles. The Hall–Kier alpha value is -0.610. The van der Waals surface area contributed by atoms with E-state index in [-0.39, 0.29) is 12.3 Å². The molecule has 0 unspecified atom stereocenters. The maximum absolute atomic E-state index is 11.5. The Balaban J connectivity index is 3.79. The molecule has 0 spiro atoms. The Kier molecular flexibility index (Phi) is 9.52. The van der Waals surface area contributed by atoms with Crippen molar-refractivity contribution in [3.63, 3.8) is 0 Å². The summed E-state index contributed by atoms with van der Waals surface area (Å²) in [5, 5.41) is 0. The smallest absolute Gasteiger partial charge is 0.222 e. The topological polar surface area (TPSA) is 38.8 Å². The Bertz CT molecular complexity index is 152. The molecule has 4 heteroatoms. The second-order valence-corrected chi connectivity index (χ2v) is 3.02. The highest BCUT2D eigenvalue weighted by Gasteiger charge is 2.10. The van der Waals surface area contributed by atoms with Crippen LogP contribution in [0.15, 0.2) is 0 Å². The zero-order chi connectivity index (χ0) is 11.5. The van der Waals surface area contributed by atoms with Crippen LogP contribution in [0.25, 0.3) is 0 Å². The summed E-state index contributed by atoms with van der Waals surface area (Å²) >= 11 is 0. The van der Waals surface area contributed by atoms with E-state index in [9.17, 15) is 4.79 Å². The van der Waals surface area contributed by atoms with E-state index < -0.39 is 0 Å². The van der Waals surface area contributed by atoms with Crippen LogP contribution in [0.4, 0.5) is 0 Å². The molecule has 0 atom stereocenters. The zero-order valence-electron chi connectivity index (χ0n) is 9.83. The van der Waals surface area contributed by atoms with Crippen LogP contribution < -0.4 is 0 Å². The number of carbonyl (C=O) groups is 1. The van der Waals surface area contributed by atoms with Crippen LogP contribution in [0.2, 0.25) is 0 Å². The van der Waals surface area contributed by atoms with Gasteiger partial charge >= 0.3 is 0 Å². The number of carbonyl (C=O) groups excluding carboxylic acids is 1. The van der Waals surface area contributed by atoms with Crippen molar-refractivity contribution < 1.29 is 14.3 Å². The minimum Gasteiger partial charge on any atom is -0.380 e. The fourth-order valence-electron chi connectivity index (χ4n) is 1.16. The zero-order valence-corrected chi connectivity index (χ0v) is 9.83. The van der Waals surface area contributed by atoms with E-state index in [0.29, 0.717) is 39.5 Å². The third kappa shape index (κ3) is 7.33. The normalized spacial score (nSPS) is 10.3. The molecule has 0 aliphatic heterocycles. The molecule has 0 aromatic rings. The fraction of sp³-hybridized carbons (Fsp3) is 0.818. The molecule has 0 aliphatic carbocycles. The summed E-state index contributed by atoms with van der Waals surface area (Å²) in [6.07, 6.45) is 0.290. The van der Waals surface area contributed by atoms with E-state index in [4.69, 9.17) is 9.47 Å². The summed E-state index contributed by atoms with van der Waals surface area (Å²) < 4.78 is 10.4. The quantitative estimate of drug-likeness (QED) is 0.542. The van der Waals surface area contributed by atoms with Crippen molar-refractivity contribution in [2.75, 3.05) is 39.5 Å². The van der Waals surface area contributed by atoms with Gasteiger partial charge < -0.3 is 14.4 Å². The monoisotopic (exact) mass is 216 g/mol. The van der Waals surface area contributed by atoms with Gasteiger partial charge in [-0.2, -0.15) is 0 Å². The average molecular weight is 216 g/mol. The van der Waals surface area contributed by atoms with E-state index in [1.807, 2.05) is 13.8 Å². The molecule has 0 bridgehead atoms. The molecule has 0 saturated heterocycles. The summed E-state index contributed by atoms with van der Waals surface area (Å²) in [4.78, 5) is 13.2. The van der Waals surface area contributed by atoms with Crippen molar-refractivity contribution in [3.8, 4) is 0 Å². The first-order valence-electron chi connectivity index (χ1n) is 5.48. The minimum absolute atomic E-state index is 0.0504. The van der Waals surface area contributed by atoms with Crippen LogP contribution in [0, 0.1) is 6.92 Å². The van der Waals surface area contributed by atoms with Gasteiger partial charge in [-0.3, -0.25) is 4.79 Å². The largest absolute Gasteiger partial charge is 0.380 e. The third-order valence-corrected chi connectivity index (χ3v) is 1.99. The van der Waals surface area contributed by atoms with Crippen molar-refractivity contribution >= 4 is 5.91 Å². The predicted molar refractivity (Wildman–Crippen MR) is 59.5 cm³/mol. The Labute approximate surface area is 92.5 Å². The molecule has 0 aromatic heterocycles. The number of ether oxygens (including phenoxy) is 2. The van der Waals surface area contributed by atoms with Gasteiger partial charge in [0.05, 0.1) is 13.2 Å². The highest BCUT2D eigenvalue weighted by molar-refractivity contribution is 5.76. The lowest BCUT2D eigenvalue weighted by Gasteiger charge is -2.21. The van der Waals surface area contributed by atoms with Gasteiger partial charge in [-0.05, 0) is 20.8 Å². The molecule has 0 fully saturated rings. The summed E-state index contributed by atoms with van der Waals surface area (Å²) in [5.41, 5.74) is 0. The number of nitrogens with zero attached hydrogens (tertiary/aromatic N) is 1. The lowest BCUT2D eigenvalue weighted by molar-refractivity contribution is -0.131. The molecule has 0 rings (SSSR count). The third-order valence-electron chi connectivity index (χ3n) is 1.99. The molecule has 15 heavy (non-hydrogen) atoms. The van der Waals surface area contributed by atoms with E-state index in [0.717, 1.165) is 0 Å². The van der Waals surface area contributed by atoms with Crippen molar-refractivity contribution in [2.24, 2.45) is 0 Å². The fourth-order valence-corrected chi connectivity index (χ4v) is 1.16. The number of hydrogen-bond donors (Lipinski definition) is 0. The minimum atomic E-state index is 0.0504. The van der Waals surface area contributed by atoms with Gasteiger partial charge in [0.1, 0.15) is 0 Å². The van der Waals surface area contributed by atoms with Gasteiger partial charge in [-0.15, -0.1) is 0 Å². The number of rotatable bonds is 9. The first-order chi connectivity index (χ1) is 7.26. The van der Waals surface area contributed by atoms with Crippen molar-refractivity contribution in [1.29, 1.82) is 0 Å². The molecular weight excluding hydrogens is 194 g/mol. The Morgan fingerprint density at radius 1 is 1.13 bits per heavy atom. The standard InChI is InChI=1S/C11H22NO3/c1-4-11(13)12(7-9-14-5-2)8-10-15-6-3/h1,4-10H2,2-3H3. The SMILES string of the molecule is [CH2]CC(=O)N(CCOCC)CCOCC. The van der Waals surface area contributed by atoms with Gasteiger partial charge in [-0.1, -0.05) is 0 Å². The maximum Gasteiger partial charge on any atom is 0.222 e. The summed E-state index contributed by atoms with van der Waals surface area (Å²) in [7, 11) is 0. The lowest BCUT2D eigenvalue weighted by Crippen LogP contribution is -2.36. The summed E-state index contributed by atoms with van der Waals surface area (Å²) in [6.45, 7) is 11.2. The van der Waals surface area contributed by atoms with Crippen molar-refractivity contribution in [3.05, 3.63) is 6.92 Å². The van der Waals surface area contributed by atoms with Gasteiger partial charge in [0.2, 0.25) is 5.91 Å². The number of amides is 1. The van der Waals surface area contributed by atoms with Crippen LogP contribution in [-0.2, 0) is 14.3 Å². The Morgan fingerprint density at radius 3 is 1.93 bits per heavy atom. The van der Waals surface area contributed by atoms with Gasteiger partial charge in [0, 0.05) is 32.7 Å². The van der Waals surface area contributed by atoms with E-state index in [2.05, 4.69) is 6.92 Å². The van der Waals surface area contributed by atoms with Crippen LogP contribution in [-0.4, -0.2) is 50.3 Å². The summed E-state index contributed by atoms with van der Waals surface area (Å²) in [6, 6.07) is 0. The van der Waals surface area contributed by atoms with Crippen LogP contribution >= 0.6 is 0 Å². The molecule has 89 valence electrons. The van der Waals surface area contributed by atoms with Crippen LogP contribution in [0.5, 0.6) is 0 Å². The average Bonchev–Trinajstić information content (AvgIpc) is 2.26. The van der Waals surface area contributed by atoms with E-state index in [1.165, 1.54) is 0 Å². The van der Waals surface area contributed by atoms with Crippen LogP contribution in [0.3, 0.4) is 0 Å². The Morgan fingerprint density at radius 2 is 1.60 bits per heavy atom. The first-order valence-corrected chi connectivity index (χ1v) is 5.48. The van der Waals surface area contributed by atoms with E-state index in [1.54, 1.807) is 4.90 Å². The second-order valence-electron chi connectivity index (χ2n) is 3.02. The van der Waals surface area contributed by atoms with Gasteiger partial charge in [0.15, 0.2) is 0 Å². The van der Waals surface area contributed by atoms with Crippen molar-refractivity contribution in [2.45, 2.75) is 20.3 Å². The maximum atomic E-state index is 11.5. The molecule has 4 nitrogen and oxygen atoms in total. The molecule has 0 aromatic carbocycles.